The van der Waals surface area contributed by atoms with Crippen LogP contribution >= 0.6 is 0 Å². The third-order valence-electron chi connectivity index (χ3n) is 4.74. The molecule has 4 heteroatoms. The van der Waals surface area contributed by atoms with Gasteiger partial charge in [-0.1, -0.05) is 25.0 Å². The molecule has 120 valence electrons. The summed E-state index contributed by atoms with van der Waals surface area (Å²) in [6, 6.07) is 8.57. The first-order valence-corrected chi connectivity index (χ1v) is 8.54. The van der Waals surface area contributed by atoms with Crippen molar-refractivity contribution < 1.29 is 9.53 Å². The zero-order chi connectivity index (χ0) is 15.2. The van der Waals surface area contributed by atoms with E-state index in [1.165, 1.54) is 31.2 Å². The molecular weight excluding hydrogens is 276 g/mol. The van der Waals surface area contributed by atoms with Crippen molar-refractivity contribution in [3.63, 3.8) is 0 Å². The fraction of sp³-hybridized carbons (Fsp3) is 0.611. The second-order valence-electron chi connectivity index (χ2n) is 6.45. The van der Waals surface area contributed by atoms with Crippen molar-refractivity contribution in [1.82, 2.24) is 10.6 Å². The van der Waals surface area contributed by atoms with Crippen molar-refractivity contribution in [2.75, 3.05) is 19.7 Å². The molecule has 22 heavy (non-hydrogen) atoms. The van der Waals surface area contributed by atoms with Gasteiger partial charge in [-0.15, -0.1) is 0 Å². The third kappa shape index (κ3) is 4.23. The van der Waals surface area contributed by atoms with Gasteiger partial charge in [0.1, 0.15) is 5.75 Å². The predicted octanol–water partition coefficient (Wildman–Crippen LogP) is 2.59. The minimum absolute atomic E-state index is 0.00698. The minimum Gasteiger partial charge on any atom is -0.484 e. The van der Waals surface area contributed by atoms with E-state index in [9.17, 15) is 4.79 Å². The van der Waals surface area contributed by atoms with Gasteiger partial charge >= 0.3 is 0 Å². The van der Waals surface area contributed by atoms with E-state index in [1.807, 2.05) is 12.1 Å². The Hall–Kier alpha value is -1.55. The first-order chi connectivity index (χ1) is 10.8. The van der Waals surface area contributed by atoms with Crippen molar-refractivity contribution in [3.05, 3.63) is 29.8 Å². The lowest BCUT2D eigenvalue weighted by molar-refractivity contribution is -0.123. The minimum atomic E-state index is -0.00698. The molecule has 1 heterocycles. The highest BCUT2D eigenvalue weighted by molar-refractivity contribution is 5.77. The molecule has 1 unspecified atom stereocenters. The Labute approximate surface area is 132 Å². The van der Waals surface area contributed by atoms with E-state index in [1.54, 1.807) is 0 Å². The highest BCUT2D eigenvalue weighted by Crippen LogP contribution is 2.25. The van der Waals surface area contributed by atoms with Gasteiger partial charge in [0.05, 0.1) is 0 Å². The molecule has 1 aromatic rings. The van der Waals surface area contributed by atoms with Crippen molar-refractivity contribution in [2.45, 2.75) is 50.5 Å². The largest absolute Gasteiger partial charge is 0.484 e. The molecule has 3 rings (SSSR count). The third-order valence-corrected chi connectivity index (χ3v) is 4.74. The number of piperidine rings is 1. The van der Waals surface area contributed by atoms with E-state index in [0.29, 0.717) is 12.0 Å². The number of nitrogens with one attached hydrogen (secondary N) is 2. The lowest BCUT2D eigenvalue weighted by Crippen LogP contribution is -2.36. The van der Waals surface area contributed by atoms with Crippen LogP contribution in [0.15, 0.2) is 24.3 Å². The summed E-state index contributed by atoms with van der Waals surface area (Å²) in [5.74, 6) is 1.37. The molecular formula is C18H26N2O2. The monoisotopic (exact) mass is 302 g/mol. The van der Waals surface area contributed by atoms with Gasteiger partial charge in [0.2, 0.25) is 0 Å². The summed E-state index contributed by atoms with van der Waals surface area (Å²) in [6.45, 7) is 2.30. The van der Waals surface area contributed by atoms with Crippen LogP contribution in [-0.2, 0) is 4.79 Å². The fourth-order valence-corrected chi connectivity index (χ4v) is 3.46. The van der Waals surface area contributed by atoms with Gasteiger partial charge in [-0.25, -0.2) is 0 Å². The second-order valence-corrected chi connectivity index (χ2v) is 6.45. The standard InChI is InChI=1S/C18H26N2O2/c21-18(20-16-5-1-2-6-16)13-22-17-9-7-14(8-10-17)15-4-3-11-19-12-15/h7-10,15-16,19H,1-6,11-13H2,(H,20,21). The van der Waals surface area contributed by atoms with Crippen LogP contribution in [0.3, 0.4) is 0 Å². The molecule has 2 aliphatic rings. The van der Waals surface area contributed by atoms with Gasteiger partial charge < -0.3 is 15.4 Å². The van der Waals surface area contributed by atoms with Gasteiger partial charge in [-0.05, 0) is 55.8 Å². The van der Waals surface area contributed by atoms with E-state index >= 15 is 0 Å². The lowest BCUT2D eigenvalue weighted by atomic mass is 9.92. The zero-order valence-corrected chi connectivity index (χ0v) is 13.1. The van der Waals surface area contributed by atoms with Gasteiger partial charge in [0.25, 0.3) is 5.91 Å². The molecule has 2 fully saturated rings. The molecule has 1 saturated carbocycles. The Morgan fingerprint density at radius 2 is 1.91 bits per heavy atom. The number of hydrogen-bond donors (Lipinski definition) is 2. The van der Waals surface area contributed by atoms with Crippen LogP contribution in [0.1, 0.15) is 50.0 Å². The molecule has 0 spiro atoms. The first kappa shape index (κ1) is 15.3. The summed E-state index contributed by atoms with van der Waals surface area (Å²) >= 11 is 0. The number of rotatable bonds is 5. The normalized spacial score (nSPS) is 22.5. The maximum Gasteiger partial charge on any atom is 0.258 e. The zero-order valence-electron chi connectivity index (χ0n) is 13.1. The van der Waals surface area contributed by atoms with Gasteiger partial charge in [-0.3, -0.25) is 4.79 Å². The van der Waals surface area contributed by atoms with Crippen LogP contribution in [-0.4, -0.2) is 31.6 Å². The van der Waals surface area contributed by atoms with Gasteiger partial charge in [0.15, 0.2) is 6.61 Å². The van der Waals surface area contributed by atoms with E-state index in [4.69, 9.17) is 4.74 Å². The highest BCUT2D eigenvalue weighted by Gasteiger charge is 2.17. The Kier molecular flexibility index (Phi) is 5.33. The Morgan fingerprint density at radius 3 is 2.59 bits per heavy atom. The topological polar surface area (TPSA) is 50.4 Å². The van der Waals surface area contributed by atoms with Crippen LogP contribution in [0.25, 0.3) is 0 Å². The van der Waals surface area contributed by atoms with Crippen molar-refractivity contribution in [2.24, 2.45) is 0 Å². The summed E-state index contributed by atoms with van der Waals surface area (Å²) in [7, 11) is 0. The summed E-state index contributed by atoms with van der Waals surface area (Å²) in [6.07, 6.45) is 7.15. The second kappa shape index (κ2) is 7.63. The molecule has 1 aliphatic heterocycles. The van der Waals surface area contributed by atoms with Crippen LogP contribution < -0.4 is 15.4 Å². The van der Waals surface area contributed by atoms with Crippen LogP contribution in [0, 0.1) is 0 Å². The lowest BCUT2D eigenvalue weighted by Gasteiger charge is -2.23. The van der Waals surface area contributed by atoms with E-state index in [2.05, 4.69) is 22.8 Å². The number of ether oxygens (including phenoxy) is 1. The molecule has 1 saturated heterocycles. The molecule has 1 aromatic carbocycles. The Bertz CT molecular complexity index is 474. The molecule has 1 aliphatic carbocycles. The molecule has 0 aromatic heterocycles. The summed E-state index contributed by atoms with van der Waals surface area (Å²) in [5, 5.41) is 6.48. The van der Waals surface area contributed by atoms with Crippen LogP contribution in [0.2, 0.25) is 0 Å². The summed E-state index contributed by atoms with van der Waals surface area (Å²) in [5.41, 5.74) is 1.36. The molecule has 2 N–H and O–H groups in total. The average molecular weight is 302 g/mol. The van der Waals surface area contributed by atoms with Crippen molar-refractivity contribution in [1.29, 1.82) is 0 Å². The van der Waals surface area contributed by atoms with Gasteiger partial charge in [-0.2, -0.15) is 0 Å². The SMILES string of the molecule is O=C(COc1ccc(C2CCCNC2)cc1)NC1CCCC1. The Morgan fingerprint density at radius 1 is 1.14 bits per heavy atom. The fourth-order valence-electron chi connectivity index (χ4n) is 3.46. The number of carbonyl (C=O) groups is 1. The molecule has 1 atom stereocenters. The molecule has 0 radical (unpaired) electrons. The van der Waals surface area contributed by atoms with Crippen LogP contribution in [0.5, 0.6) is 5.75 Å². The molecule has 4 nitrogen and oxygen atoms in total. The number of hydrogen-bond acceptors (Lipinski definition) is 3. The molecule has 0 bridgehead atoms. The van der Waals surface area contributed by atoms with E-state index < -0.39 is 0 Å². The van der Waals surface area contributed by atoms with E-state index in [0.717, 1.165) is 31.7 Å². The number of amides is 1. The van der Waals surface area contributed by atoms with Crippen molar-refractivity contribution in [3.8, 4) is 5.75 Å². The molecule has 1 amide bonds. The Balaban J connectivity index is 1.45. The first-order valence-electron chi connectivity index (χ1n) is 8.54. The number of carbonyl (C=O) groups excluding carboxylic acids is 1. The maximum atomic E-state index is 11.8. The smallest absolute Gasteiger partial charge is 0.258 e. The summed E-state index contributed by atoms with van der Waals surface area (Å²) < 4.78 is 5.59. The summed E-state index contributed by atoms with van der Waals surface area (Å²) in [4.78, 5) is 11.8. The number of benzene rings is 1. The highest BCUT2D eigenvalue weighted by atomic mass is 16.5. The van der Waals surface area contributed by atoms with Crippen molar-refractivity contribution >= 4 is 5.91 Å². The van der Waals surface area contributed by atoms with E-state index in [-0.39, 0.29) is 12.5 Å². The quantitative estimate of drug-likeness (QED) is 0.879. The van der Waals surface area contributed by atoms with Gasteiger partial charge in [0, 0.05) is 12.6 Å². The predicted molar refractivity (Wildman–Crippen MR) is 87.2 cm³/mol. The van der Waals surface area contributed by atoms with Crippen LogP contribution in [0.4, 0.5) is 0 Å². The maximum absolute atomic E-state index is 11.8. The average Bonchev–Trinajstić information content (AvgIpc) is 3.07.